The standard InChI is InChI=1S/C12H6Cl2F3N3O/c13-7-1-6(12(15,16)17)2-8(3-7)20-11(21)9-4-19-10(14)5-18-9/h1-5H,(H,20,21). The van der Waals surface area contributed by atoms with Gasteiger partial charge in [0.25, 0.3) is 5.91 Å². The lowest BCUT2D eigenvalue weighted by Crippen LogP contribution is -2.15. The molecule has 0 unspecified atom stereocenters. The van der Waals surface area contributed by atoms with Crippen molar-refractivity contribution < 1.29 is 18.0 Å². The summed E-state index contributed by atoms with van der Waals surface area (Å²) >= 11 is 11.1. The Morgan fingerprint density at radius 2 is 1.81 bits per heavy atom. The number of carbonyl (C=O) groups is 1. The summed E-state index contributed by atoms with van der Waals surface area (Å²) in [5, 5.41) is 2.20. The molecule has 0 radical (unpaired) electrons. The van der Waals surface area contributed by atoms with Crippen LogP contribution in [0.4, 0.5) is 18.9 Å². The third-order valence-electron chi connectivity index (χ3n) is 2.34. The predicted molar refractivity (Wildman–Crippen MR) is 71.4 cm³/mol. The minimum atomic E-state index is -4.57. The molecule has 0 aliphatic carbocycles. The van der Waals surface area contributed by atoms with Gasteiger partial charge < -0.3 is 5.32 Å². The fourth-order valence-electron chi connectivity index (χ4n) is 1.45. The van der Waals surface area contributed by atoms with Crippen molar-refractivity contribution >= 4 is 34.8 Å². The van der Waals surface area contributed by atoms with Crippen LogP contribution in [0, 0.1) is 0 Å². The Bertz CT molecular complexity index is 674. The summed E-state index contributed by atoms with van der Waals surface area (Å²) in [6.45, 7) is 0. The van der Waals surface area contributed by atoms with E-state index in [1.54, 1.807) is 0 Å². The van der Waals surface area contributed by atoms with Gasteiger partial charge in [-0.3, -0.25) is 4.79 Å². The Hall–Kier alpha value is -1.86. The van der Waals surface area contributed by atoms with Gasteiger partial charge in [-0.1, -0.05) is 23.2 Å². The van der Waals surface area contributed by atoms with E-state index < -0.39 is 17.6 Å². The number of aromatic nitrogens is 2. The first kappa shape index (κ1) is 15.5. The van der Waals surface area contributed by atoms with E-state index in [0.29, 0.717) is 0 Å². The first-order chi connectivity index (χ1) is 9.75. The highest BCUT2D eigenvalue weighted by Crippen LogP contribution is 2.33. The number of rotatable bonds is 2. The monoisotopic (exact) mass is 335 g/mol. The van der Waals surface area contributed by atoms with Gasteiger partial charge in [-0.25, -0.2) is 9.97 Å². The first-order valence-electron chi connectivity index (χ1n) is 5.42. The van der Waals surface area contributed by atoms with E-state index in [-0.39, 0.29) is 21.6 Å². The van der Waals surface area contributed by atoms with E-state index in [2.05, 4.69) is 15.3 Å². The van der Waals surface area contributed by atoms with Crippen LogP contribution in [0.5, 0.6) is 0 Å². The molecule has 4 nitrogen and oxygen atoms in total. The van der Waals surface area contributed by atoms with Gasteiger partial charge in [0, 0.05) is 10.7 Å². The number of hydrogen-bond donors (Lipinski definition) is 1. The molecule has 9 heteroatoms. The highest BCUT2D eigenvalue weighted by molar-refractivity contribution is 6.31. The second kappa shape index (κ2) is 5.87. The zero-order chi connectivity index (χ0) is 15.6. The fraction of sp³-hybridized carbons (Fsp3) is 0.0833. The van der Waals surface area contributed by atoms with Crippen LogP contribution < -0.4 is 5.32 Å². The van der Waals surface area contributed by atoms with Crippen molar-refractivity contribution in [2.75, 3.05) is 5.32 Å². The van der Waals surface area contributed by atoms with Gasteiger partial charge in [-0.2, -0.15) is 13.2 Å². The highest BCUT2D eigenvalue weighted by Gasteiger charge is 2.31. The van der Waals surface area contributed by atoms with E-state index >= 15 is 0 Å². The molecule has 1 amide bonds. The first-order valence-corrected chi connectivity index (χ1v) is 6.18. The van der Waals surface area contributed by atoms with Crippen molar-refractivity contribution in [1.29, 1.82) is 0 Å². The van der Waals surface area contributed by atoms with E-state index in [4.69, 9.17) is 23.2 Å². The SMILES string of the molecule is O=C(Nc1cc(Cl)cc(C(F)(F)F)c1)c1cnc(Cl)cn1. The molecule has 1 N–H and O–H groups in total. The smallest absolute Gasteiger partial charge is 0.321 e. The molecule has 0 atom stereocenters. The topological polar surface area (TPSA) is 54.9 Å². The zero-order valence-electron chi connectivity index (χ0n) is 10.1. The number of benzene rings is 1. The Kier molecular flexibility index (Phi) is 4.34. The van der Waals surface area contributed by atoms with Crippen molar-refractivity contribution in [2.45, 2.75) is 6.18 Å². The summed E-state index contributed by atoms with van der Waals surface area (Å²) in [5.74, 6) is -0.727. The van der Waals surface area contributed by atoms with Gasteiger partial charge >= 0.3 is 6.18 Å². The van der Waals surface area contributed by atoms with Crippen molar-refractivity contribution in [3.8, 4) is 0 Å². The summed E-state index contributed by atoms with van der Waals surface area (Å²) in [6.07, 6.45) is -2.31. The van der Waals surface area contributed by atoms with Gasteiger partial charge in [0.2, 0.25) is 0 Å². The molecule has 2 aromatic rings. The number of amides is 1. The fourth-order valence-corrected chi connectivity index (χ4v) is 1.78. The maximum atomic E-state index is 12.6. The van der Waals surface area contributed by atoms with Crippen LogP contribution in [0.2, 0.25) is 10.2 Å². The largest absolute Gasteiger partial charge is 0.416 e. The summed E-state index contributed by atoms with van der Waals surface area (Å²) in [7, 11) is 0. The number of nitrogens with one attached hydrogen (secondary N) is 1. The molecule has 0 fully saturated rings. The van der Waals surface area contributed by atoms with Crippen LogP contribution in [0.3, 0.4) is 0 Å². The minimum absolute atomic E-state index is 0.0899. The van der Waals surface area contributed by atoms with E-state index in [1.807, 2.05) is 0 Å². The highest BCUT2D eigenvalue weighted by atomic mass is 35.5. The van der Waals surface area contributed by atoms with Gasteiger partial charge in [0.1, 0.15) is 10.8 Å². The third kappa shape index (κ3) is 4.05. The molecule has 0 saturated heterocycles. The normalized spacial score (nSPS) is 11.3. The van der Waals surface area contributed by atoms with E-state index in [1.165, 1.54) is 6.07 Å². The Labute approximate surface area is 126 Å². The molecule has 0 spiro atoms. The van der Waals surface area contributed by atoms with Gasteiger partial charge in [0.15, 0.2) is 0 Å². The molecular formula is C12H6Cl2F3N3O. The molecule has 0 aliphatic rings. The lowest BCUT2D eigenvalue weighted by atomic mass is 10.2. The number of anilines is 1. The maximum absolute atomic E-state index is 12.6. The van der Waals surface area contributed by atoms with E-state index in [0.717, 1.165) is 24.5 Å². The summed E-state index contributed by atoms with van der Waals surface area (Å²) < 4.78 is 37.9. The molecule has 21 heavy (non-hydrogen) atoms. The minimum Gasteiger partial charge on any atom is -0.321 e. The van der Waals surface area contributed by atoms with Crippen molar-refractivity contribution in [1.82, 2.24) is 9.97 Å². The molecule has 0 bridgehead atoms. The average Bonchev–Trinajstić information content (AvgIpc) is 2.37. The second-order valence-corrected chi connectivity index (χ2v) is 4.73. The summed E-state index contributed by atoms with van der Waals surface area (Å²) in [6, 6.07) is 2.73. The lowest BCUT2D eigenvalue weighted by molar-refractivity contribution is -0.137. The number of nitrogens with zero attached hydrogens (tertiary/aromatic N) is 2. The summed E-state index contributed by atoms with van der Waals surface area (Å²) in [4.78, 5) is 19.2. The number of halogens is 5. The Balaban J connectivity index is 2.25. The zero-order valence-corrected chi connectivity index (χ0v) is 11.6. The molecule has 0 aliphatic heterocycles. The molecule has 2 rings (SSSR count). The van der Waals surface area contributed by atoms with Crippen molar-refractivity contribution in [3.05, 3.63) is 52.0 Å². The number of alkyl halides is 3. The van der Waals surface area contributed by atoms with Gasteiger partial charge in [0.05, 0.1) is 18.0 Å². The molecule has 110 valence electrons. The number of carbonyl (C=O) groups excluding carboxylic acids is 1. The quantitative estimate of drug-likeness (QED) is 0.900. The van der Waals surface area contributed by atoms with Crippen LogP contribution in [-0.2, 0) is 6.18 Å². The molecule has 1 aromatic heterocycles. The Morgan fingerprint density at radius 1 is 1.10 bits per heavy atom. The van der Waals surface area contributed by atoms with Crippen LogP contribution in [0.25, 0.3) is 0 Å². The lowest BCUT2D eigenvalue weighted by Gasteiger charge is -2.10. The van der Waals surface area contributed by atoms with Gasteiger partial charge in [-0.05, 0) is 18.2 Å². The number of hydrogen-bond acceptors (Lipinski definition) is 3. The van der Waals surface area contributed by atoms with E-state index in [9.17, 15) is 18.0 Å². The Morgan fingerprint density at radius 3 is 2.38 bits per heavy atom. The molecule has 0 saturated carbocycles. The molecule has 1 aromatic carbocycles. The van der Waals surface area contributed by atoms with Crippen LogP contribution in [0.15, 0.2) is 30.6 Å². The van der Waals surface area contributed by atoms with Crippen LogP contribution in [-0.4, -0.2) is 15.9 Å². The summed E-state index contributed by atoms with van der Waals surface area (Å²) in [5.41, 5.74) is -1.16. The van der Waals surface area contributed by atoms with Crippen molar-refractivity contribution in [2.24, 2.45) is 0 Å². The second-order valence-electron chi connectivity index (χ2n) is 3.90. The van der Waals surface area contributed by atoms with Crippen LogP contribution >= 0.6 is 23.2 Å². The van der Waals surface area contributed by atoms with Gasteiger partial charge in [-0.15, -0.1) is 0 Å². The molecular weight excluding hydrogens is 330 g/mol. The molecule has 1 heterocycles. The predicted octanol–water partition coefficient (Wildman–Crippen LogP) is 4.05. The third-order valence-corrected chi connectivity index (χ3v) is 2.75. The average molecular weight is 336 g/mol. The maximum Gasteiger partial charge on any atom is 0.416 e. The van der Waals surface area contributed by atoms with Crippen molar-refractivity contribution in [3.63, 3.8) is 0 Å². The van der Waals surface area contributed by atoms with Crippen LogP contribution in [0.1, 0.15) is 16.1 Å².